The summed E-state index contributed by atoms with van der Waals surface area (Å²) in [6.07, 6.45) is -0.720. The standard InChI is InChI=1S/C14H16N2O3/c1-9-7-11(16(2)15-9)14(17)10-3-4-12-13(8-10)19-6-5-18-12/h3-4,7-8,14,17H,5-6H2,1-2H3. The van der Waals surface area contributed by atoms with Crippen LogP contribution in [0.4, 0.5) is 0 Å². The molecule has 1 atom stereocenters. The first-order valence-electron chi connectivity index (χ1n) is 6.23. The van der Waals surface area contributed by atoms with Gasteiger partial charge in [0.15, 0.2) is 11.5 Å². The molecule has 100 valence electrons. The van der Waals surface area contributed by atoms with E-state index in [1.807, 2.05) is 38.2 Å². The second-order valence-electron chi connectivity index (χ2n) is 4.64. The van der Waals surface area contributed by atoms with Gasteiger partial charge in [0.1, 0.15) is 19.3 Å². The third-order valence-electron chi connectivity index (χ3n) is 3.20. The molecule has 0 spiro atoms. The van der Waals surface area contributed by atoms with Gasteiger partial charge in [-0.25, -0.2) is 0 Å². The number of aliphatic hydroxyl groups is 1. The van der Waals surface area contributed by atoms with E-state index in [1.54, 1.807) is 4.68 Å². The van der Waals surface area contributed by atoms with Crippen LogP contribution in [0, 0.1) is 6.92 Å². The van der Waals surface area contributed by atoms with Crippen molar-refractivity contribution in [2.24, 2.45) is 7.05 Å². The SMILES string of the molecule is Cc1cc(C(O)c2ccc3c(c2)OCCO3)n(C)n1. The van der Waals surface area contributed by atoms with Crippen molar-refractivity contribution in [3.05, 3.63) is 41.2 Å². The summed E-state index contributed by atoms with van der Waals surface area (Å²) in [5, 5.41) is 14.7. The van der Waals surface area contributed by atoms with E-state index in [4.69, 9.17) is 9.47 Å². The summed E-state index contributed by atoms with van der Waals surface area (Å²) in [4.78, 5) is 0. The Bertz CT molecular complexity index is 607. The summed E-state index contributed by atoms with van der Waals surface area (Å²) in [7, 11) is 1.82. The minimum Gasteiger partial charge on any atom is -0.486 e. The van der Waals surface area contributed by atoms with E-state index < -0.39 is 6.10 Å². The maximum Gasteiger partial charge on any atom is 0.161 e. The number of aliphatic hydroxyl groups excluding tert-OH is 1. The zero-order valence-electron chi connectivity index (χ0n) is 11.0. The molecule has 5 nitrogen and oxygen atoms in total. The third kappa shape index (κ3) is 2.17. The first-order valence-corrected chi connectivity index (χ1v) is 6.23. The van der Waals surface area contributed by atoms with Gasteiger partial charge in [-0.1, -0.05) is 6.07 Å². The summed E-state index contributed by atoms with van der Waals surface area (Å²) in [5.74, 6) is 1.41. The van der Waals surface area contributed by atoms with Gasteiger partial charge in [0.2, 0.25) is 0 Å². The van der Waals surface area contributed by atoms with E-state index in [9.17, 15) is 5.11 Å². The zero-order valence-corrected chi connectivity index (χ0v) is 11.0. The molecule has 0 saturated carbocycles. The van der Waals surface area contributed by atoms with Gasteiger partial charge in [-0.05, 0) is 30.7 Å². The monoisotopic (exact) mass is 260 g/mol. The Hall–Kier alpha value is -2.01. The molecule has 1 N–H and O–H groups in total. The molecule has 0 radical (unpaired) electrons. The molecule has 3 rings (SSSR count). The number of rotatable bonds is 2. The van der Waals surface area contributed by atoms with Crippen LogP contribution in [-0.4, -0.2) is 28.1 Å². The van der Waals surface area contributed by atoms with E-state index >= 15 is 0 Å². The maximum absolute atomic E-state index is 10.4. The van der Waals surface area contributed by atoms with Gasteiger partial charge >= 0.3 is 0 Å². The molecule has 1 aromatic heterocycles. The Morgan fingerprint density at radius 2 is 1.95 bits per heavy atom. The van der Waals surface area contributed by atoms with Crippen molar-refractivity contribution in [3.63, 3.8) is 0 Å². The van der Waals surface area contributed by atoms with E-state index in [0.29, 0.717) is 19.0 Å². The van der Waals surface area contributed by atoms with Crippen LogP contribution in [0.3, 0.4) is 0 Å². The second-order valence-corrected chi connectivity index (χ2v) is 4.64. The molecule has 2 heterocycles. The molecule has 2 aromatic rings. The Kier molecular flexibility index (Phi) is 2.91. The molecule has 0 saturated heterocycles. The fourth-order valence-corrected chi connectivity index (χ4v) is 2.29. The van der Waals surface area contributed by atoms with E-state index in [1.165, 1.54) is 0 Å². The van der Waals surface area contributed by atoms with Crippen LogP contribution in [-0.2, 0) is 7.05 Å². The fourth-order valence-electron chi connectivity index (χ4n) is 2.29. The van der Waals surface area contributed by atoms with Gasteiger partial charge in [-0.2, -0.15) is 5.10 Å². The normalized spacial score (nSPS) is 15.3. The van der Waals surface area contributed by atoms with Crippen molar-refractivity contribution >= 4 is 0 Å². The fraction of sp³-hybridized carbons (Fsp3) is 0.357. The lowest BCUT2D eigenvalue weighted by atomic mass is 10.1. The molecule has 1 aromatic carbocycles. The molecule has 0 aliphatic carbocycles. The highest BCUT2D eigenvalue weighted by Crippen LogP contribution is 2.34. The van der Waals surface area contributed by atoms with Crippen molar-refractivity contribution in [3.8, 4) is 11.5 Å². The van der Waals surface area contributed by atoms with E-state index in [-0.39, 0.29) is 0 Å². The minimum atomic E-state index is -0.720. The van der Waals surface area contributed by atoms with Crippen molar-refractivity contribution in [1.82, 2.24) is 9.78 Å². The lowest BCUT2D eigenvalue weighted by Gasteiger charge is -2.20. The molecule has 1 unspecified atom stereocenters. The number of aryl methyl sites for hydroxylation is 2. The number of aromatic nitrogens is 2. The number of benzene rings is 1. The zero-order chi connectivity index (χ0) is 13.4. The molecule has 0 fully saturated rings. The van der Waals surface area contributed by atoms with Crippen molar-refractivity contribution in [2.75, 3.05) is 13.2 Å². The van der Waals surface area contributed by atoms with Crippen LogP contribution in [0.2, 0.25) is 0 Å². The second kappa shape index (κ2) is 4.59. The van der Waals surface area contributed by atoms with Crippen molar-refractivity contribution in [1.29, 1.82) is 0 Å². The van der Waals surface area contributed by atoms with Crippen molar-refractivity contribution < 1.29 is 14.6 Å². The quantitative estimate of drug-likeness (QED) is 0.890. The predicted molar refractivity (Wildman–Crippen MR) is 69.4 cm³/mol. The van der Waals surface area contributed by atoms with Crippen LogP contribution in [0.5, 0.6) is 11.5 Å². The van der Waals surface area contributed by atoms with Gasteiger partial charge < -0.3 is 14.6 Å². The number of hydrogen-bond acceptors (Lipinski definition) is 4. The van der Waals surface area contributed by atoms with Crippen LogP contribution in [0.1, 0.15) is 23.1 Å². The van der Waals surface area contributed by atoms with Gasteiger partial charge in [-0.15, -0.1) is 0 Å². The lowest BCUT2D eigenvalue weighted by Crippen LogP contribution is -2.16. The van der Waals surface area contributed by atoms with Crippen LogP contribution < -0.4 is 9.47 Å². The summed E-state index contributed by atoms with van der Waals surface area (Å²) in [6, 6.07) is 7.37. The first kappa shape index (κ1) is 12.0. The lowest BCUT2D eigenvalue weighted by molar-refractivity contribution is 0.169. The molecular weight excluding hydrogens is 244 g/mol. The largest absolute Gasteiger partial charge is 0.486 e. The average molecular weight is 260 g/mol. The molecule has 19 heavy (non-hydrogen) atoms. The van der Waals surface area contributed by atoms with Gasteiger partial charge in [0.05, 0.1) is 11.4 Å². The van der Waals surface area contributed by atoms with Crippen LogP contribution in [0.15, 0.2) is 24.3 Å². The van der Waals surface area contributed by atoms with E-state index in [2.05, 4.69) is 5.10 Å². The highest BCUT2D eigenvalue weighted by molar-refractivity contribution is 5.45. The van der Waals surface area contributed by atoms with Gasteiger partial charge in [0.25, 0.3) is 0 Å². The third-order valence-corrected chi connectivity index (χ3v) is 3.20. The summed E-state index contributed by atoms with van der Waals surface area (Å²) in [5.41, 5.74) is 2.41. The van der Waals surface area contributed by atoms with E-state index in [0.717, 1.165) is 22.7 Å². The van der Waals surface area contributed by atoms with Crippen LogP contribution in [0.25, 0.3) is 0 Å². The van der Waals surface area contributed by atoms with Crippen LogP contribution >= 0.6 is 0 Å². The molecule has 0 bridgehead atoms. The van der Waals surface area contributed by atoms with Gasteiger partial charge in [-0.3, -0.25) is 4.68 Å². The number of nitrogens with zero attached hydrogens (tertiary/aromatic N) is 2. The molecule has 1 aliphatic heterocycles. The summed E-state index contributed by atoms with van der Waals surface area (Å²) < 4.78 is 12.7. The van der Waals surface area contributed by atoms with Crippen molar-refractivity contribution in [2.45, 2.75) is 13.0 Å². The highest BCUT2D eigenvalue weighted by atomic mass is 16.6. The minimum absolute atomic E-state index is 0.539. The topological polar surface area (TPSA) is 56.5 Å². The highest BCUT2D eigenvalue weighted by Gasteiger charge is 2.19. The molecule has 5 heteroatoms. The Morgan fingerprint density at radius 3 is 2.63 bits per heavy atom. The van der Waals surface area contributed by atoms with Gasteiger partial charge in [0, 0.05) is 7.05 Å². The predicted octanol–water partition coefficient (Wildman–Crippen LogP) is 1.58. The Balaban J connectivity index is 1.95. The number of ether oxygens (including phenoxy) is 2. The Morgan fingerprint density at radius 1 is 1.21 bits per heavy atom. The smallest absolute Gasteiger partial charge is 0.161 e. The average Bonchev–Trinajstić information content (AvgIpc) is 2.76. The summed E-state index contributed by atoms with van der Waals surface area (Å²) >= 11 is 0. The maximum atomic E-state index is 10.4. The molecule has 1 aliphatic rings. The summed E-state index contributed by atoms with van der Waals surface area (Å²) in [6.45, 7) is 3.01. The number of hydrogen-bond donors (Lipinski definition) is 1. The number of fused-ring (bicyclic) bond motifs is 1. The molecule has 0 amide bonds. The molecular formula is C14H16N2O3. The Labute approximate surface area is 111 Å². The first-order chi connectivity index (χ1) is 9.15.